The van der Waals surface area contributed by atoms with Crippen LogP contribution >= 0.6 is 11.6 Å². The van der Waals surface area contributed by atoms with Crippen LogP contribution in [0.2, 0.25) is 5.02 Å². The van der Waals surface area contributed by atoms with E-state index in [0.717, 1.165) is 5.56 Å². The zero-order chi connectivity index (χ0) is 14.2. The van der Waals surface area contributed by atoms with Gasteiger partial charge in [-0.1, -0.05) is 37.6 Å². The van der Waals surface area contributed by atoms with Gasteiger partial charge in [0.25, 0.3) is 0 Å². The van der Waals surface area contributed by atoms with Crippen molar-refractivity contribution in [2.24, 2.45) is 17.3 Å². The SMILES string of the molecule is CC1(C)[C@H](C(=O)O)[C@H]1/C(C#N)=C/c1ccc(Cl)cc1. The molecule has 0 radical (unpaired) electrons. The van der Waals surface area contributed by atoms with E-state index in [2.05, 4.69) is 6.07 Å². The molecule has 0 spiro atoms. The molecule has 0 amide bonds. The van der Waals surface area contributed by atoms with Gasteiger partial charge in [0.2, 0.25) is 0 Å². The fraction of sp³-hybridized carbons (Fsp3) is 0.333. The van der Waals surface area contributed by atoms with Crippen molar-refractivity contribution in [2.45, 2.75) is 13.8 Å². The minimum Gasteiger partial charge on any atom is -0.481 e. The number of carboxylic acids is 1. The summed E-state index contributed by atoms with van der Waals surface area (Å²) in [7, 11) is 0. The van der Waals surface area contributed by atoms with E-state index in [1.54, 1.807) is 18.2 Å². The second-order valence-corrected chi connectivity index (χ2v) is 5.81. The van der Waals surface area contributed by atoms with Crippen LogP contribution < -0.4 is 0 Å². The van der Waals surface area contributed by atoms with Crippen molar-refractivity contribution in [3.8, 4) is 6.07 Å². The third kappa shape index (κ3) is 2.50. The molecule has 0 saturated heterocycles. The van der Waals surface area contributed by atoms with Crippen LogP contribution in [0.25, 0.3) is 6.08 Å². The van der Waals surface area contributed by atoms with Crippen molar-refractivity contribution in [1.82, 2.24) is 0 Å². The lowest BCUT2D eigenvalue weighted by Gasteiger charge is -2.01. The first-order chi connectivity index (χ1) is 8.87. The molecule has 0 bridgehead atoms. The van der Waals surface area contributed by atoms with Gasteiger partial charge in [-0.05, 0) is 29.2 Å². The summed E-state index contributed by atoms with van der Waals surface area (Å²) in [4.78, 5) is 11.2. The lowest BCUT2D eigenvalue weighted by Crippen LogP contribution is -2.03. The number of hydrogen-bond donors (Lipinski definition) is 1. The minimum absolute atomic E-state index is 0.217. The van der Waals surface area contributed by atoms with E-state index in [9.17, 15) is 10.1 Å². The summed E-state index contributed by atoms with van der Waals surface area (Å²) in [6.07, 6.45) is 1.74. The fourth-order valence-electron chi connectivity index (χ4n) is 2.61. The summed E-state index contributed by atoms with van der Waals surface area (Å²) in [6, 6.07) is 9.24. The first-order valence-electron chi connectivity index (χ1n) is 5.98. The smallest absolute Gasteiger partial charge is 0.307 e. The molecule has 19 heavy (non-hydrogen) atoms. The van der Waals surface area contributed by atoms with Gasteiger partial charge in [0, 0.05) is 16.5 Å². The molecule has 4 heteroatoms. The number of allylic oxidation sites excluding steroid dienone is 1. The van der Waals surface area contributed by atoms with Crippen LogP contribution in [0, 0.1) is 28.6 Å². The number of aliphatic carboxylic acids is 1. The topological polar surface area (TPSA) is 61.1 Å². The lowest BCUT2D eigenvalue weighted by molar-refractivity contribution is -0.139. The van der Waals surface area contributed by atoms with Crippen LogP contribution in [0.3, 0.4) is 0 Å². The van der Waals surface area contributed by atoms with Crippen LogP contribution in [-0.2, 0) is 4.79 Å². The van der Waals surface area contributed by atoms with E-state index in [4.69, 9.17) is 16.7 Å². The van der Waals surface area contributed by atoms with Gasteiger partial charge in [0.1, 0.15) is 0 Å². The van der Waals surface area contributed by atoms with Crippen molar-refractivity contribution < 1.29 is 9.90 Å². The normalized spacial score (nSPS) is 24.6. The minimum atomic E-state index is -0.841. The number of carboxylic acid groups (broad SMARTS) is 1. The van der Waals surface area contributed by atoms with Crippen molar-refractivity contribution >= 4 is 23.6 Å². The van der Waals surface area contributed by atoms with Crippen molar-refractivity contribution in [2.75, 3.05) is 0 Å². The Hall–Kier alpha value is -1.79. The van der Waals surface area contributed by atoms with E-state index in [0.29, 0.717) is 10.6 Å². The lowest BCUT2D eigenvalue weighted by atomic mass is 10.0. The van der Waals surface area contributed by atoms with Gasteiger partial charge in [-0.3, -0.25) is 4.79 Å². The van der Waals surface area contributed by atoms with E-state index >= 15 is 0 Å². The predicted octanol–water partition coefficient (Wildman–Crippen LogP) is 3.60. The standard InChI is InChI=1S/C15H14ClNO2/c1-15(2)12(13(15)14(18)19)10(8-17)7-9-3-5-11(16)6-4-9/h3-7,12-13H,1-2H3,(H,18,19)/b10-7+/t12-,13+/m1/s1. The van der Waals surface area contributed by atoms with E-state index in [1.165, 1.54) is 0 Å². The van der Waals surface area contributed by atoms with E-state index < -0.39 is 11.9 Å². The number of nitrogens with zero attached hydrogens (tertiary/aromatic N) is 1. The molecule has 0 heterocycles. The Morgan fingerprint density at radius 2 is 1.95 bits per heavy atom. The Balaban J connectivity index is 2.30. The molecule has 0 unspecified atom stereocenters. The van der Waals surface area contributed by atoms with Gasteiger partial charge in [0.15, 0.2) is 0 Å². The molecule has 2 atom stereocenters. The van der Waals surface area contributed by atoms with Gasteiger partial charge in [-0.15, -0.1) is 0 Å². The molecule has 1 saturated carbocycles. The summed E-state index contributed by atoms with van der Waals surface area (Å²) in [5, 5.41) is 19.0. The Morgan fingerprint density at radius 1 is 1.37 bits per heavy atom. The zero-order valence-electron chi connectivity index (χ0n) is 10.7. The van der Waals surface area contributed by atoms with Crippen LogP contribution in [0.15, 0.2) is 29.8 Å². The predicted molar refractivity (Wildman–Crippen MR) is 73.4 cm³/mol. The maximum absolute atomic E-state index is 11.2. The number of halogens is 1. The molecule has 0 aromatic heterocycles. The highest BCUT2D eigenvalue weighted by Crippen LogP contribution is 2.61. The third-order valence-corrected chi connectivity index (χ3v) is 4.00. The summed E-state index contributed by atoms with van der Waals surface area (Å²) in [6.45, 7) is 3.76. The van der Waals surface area contributed by atoms with Crippen LogP contribution in [0.5, 0.6) is 0 Å². The Labute approximate surface area is 117 Å². The summed E-state index contributed by atoms with van der Waals surface area (Å²) in [5.41, 5.74) is 1.01. The molecule has 1 aliphatic rings. The Morgan fingerprint density at radius 3 is 2.37 bits per heavy atom. The average molecular weight is 276 g/mol. The van der Waals surface area contributed by atoms with E-state index in [1.807, 2.05) is 26.0 Å². The molecule has 1 aliphatic carbocycles. The van der Waals surface area contributed by atoms with Crippen LogP contribution in [0.4, 0.5) is 0 Å². The highest BCUT2D eigenvalue weighted by molar-refractivity contribution is 6.30. The third-order valence-electron chi connectivity index (χ3n) is 3.75. The maximum Gasteiger partial charge on any atom is 0.307 e. The van der Waals surface area contributed by atoms with Gasteiger partial charge >= 0.3 is 5.97 Å². The molecular formula is C15H14ClNO2. The molecule has 3 nitrogen and oxygen atoms in total. The number of carbonyl (C=O) groups is 1. The summed E-state index contributed by atoms with van der Waals surface area (Å²) in [5.74, 6) is -1.54. The van der Waals surface area contributed by atoms with Gasteiger partial charge in [-0.25, -0.2) is 0 Å². The second kappa shape index (κ2) is 4.71. The first kappa shape index (κ1) is 13.6. The Bertz CT molecular complexity index is 581. The summed E-state index contributed by atoms with van der Waals surface area (Å²) < 4.78 is 0. The molecule has 1 N–H and O–H groups in total. The monoisotopic (exact) mass is 275 g/mol. The maximum atomic E-state index is 11.2. The highest BCUT2D eigenvalue weighted by atomic mass is 35.5. The van der Waals surface area contributed by atoms with Gasteiger partial charge < -0.3 is 5.11 Å². The van der Waals surface area contributed by atoms with Gasteiger partial charge in [0.05, 0.1) is 12.0 Å². The van der Waals surface area contributed by atoms with Gasteiger partial charge in [-0.2, -0.15) is 5.26 Å². The zero-order valence-corrected chi connectivity index (χ0v) is 11.5. The molecule has 0 aliphatic heterocycles. The number of rotatable bonds is 3. The first-order valence-corrected chi connectivity index (χ1v) is 6.36. The molecule has 1 aromatic rings. The molecular weight excluding hydrogens is 262 g/mol. The largest absolute Gasteiger partial charge is 0.481 e. The quantitative estimate of drug-likeness (QED) is 0.857. The molecule has 1 aromatic carbocycles. The number of benzene rings is 1. The second-order valence-electron chi connectivity index (χ2n) is 5.38. The number of hydrogen-bond acceptors (Lipinski definition) is 2. The van der Waals surface area contributed by atoms with Crippen molar-refractivity contribution in [3.05, 3.63) is 40.4 Å². The van der Waals surface area contributed by atoms with Crippen molar-refractivity contribution in [1.29, 1.82) is 5.26 Å². The Kier molecular flexibility index (Phi) is 3.38. The average Bonchev–Trinajstić information content (AvgIpc) is 2.92. The van der Waals surface area contributed by atoms with E-state index in [-0.39, 0.29) is 11.3 Å². The van der Waals surface area contributed by atoms with Crippen LogP contribution in [-0.4, -0.2) is 11.1 Å². The number of nitriles is 1. The molecule has 98 valence electrons. The highest BCUT2D eigenvalue weighted by Gasteiger charge is 2.63. The molecule has 2 rings (SSSR count). The summed E-state index contributed by atoms with van der Waals surface area (Å²) >= 11 is 5.80. The van der Waals surface area contributed by atoms with Crippen molar-refractivity contribution in [3.63, 3.8) is 0 Å². The van der Waals surface area contributed by atoms with Crippen LogP contribution in [0.1, 0.15) is 19.4 Å². The fourth-order valence-corrected chi connectivity index (χ4v) is 2.74. The molecule has 1 fully saturated rings.